The second kappa shape index (κ2) is 8.31. The Morgan fingerprint density at radius 3 is 2.33 bits per heavy atom. The largest absolute Gasteiger partial charge is 0.384 e. The standard InChI is InChI=1S/C23H20ClN5O/c1-28(19-5-3-2-4-6-19)27-23(30)17-9-13-20(14-10-17)29-22(25)15-21(26-29)16-7-11-18(24)12-8-16/h2-15H,25H2,1H3,(H,27,30). The van der Waals surface area contributed by atoms with Gasteiger partial charge in [-0.25, -0.2) is 4.68 Å². The number of hydrogen-bond donors (Lipinski definition) is 2. The molecule has 3 aromatic carbocycles. The van der Waals surface area contributed by atoms with Crippen molar-refractivity contribution >= 4 is 29.0 Å². The molecule has 0 bridgehead atoms. The predicted molar refractivity (Wildman–Crippen MR) is 121 cm³/mol. The molecule has 150 valence electrons. The Labute approximate surface area is 179 Å². The molecule has 0 atom stereocenters. The van der Waals surface area contributed by atoms with Crippen molar-refractivity contribution < 1.29 is 4.79 Å². The summed E-state index contributed by atoms with van der Waals surface area (Å²) in [5.41, 5.74) is 12.9. The molecule has 0 spiro atoms. The van der Waals surface area contributed by atoms with E-state index >= 15 is 0 Å². The summed E-state index contributed by atoms with van der Waals surface area (Å²) in [6.07, 6.45) is 0. The number of benzene rings is 3. The first kappa shape index (κ1) is 19.5. The number of amides is 1. The van der Waals surface area contributed by atoms with Crippen LogP contribution in [0.2, 0.25) is 5.02 Å². The molecule has 0 aliphatic heterocycles. The average Bonchev–Trinajstić information content (AvgIpc) is 3.16. The number of anilines is 2. The van der Waals surface area contributed by atoms with E-state index in [-0.39, 0.29) is 5.91 Å². The fourth-order valence-corrected chi connectivity index (χ4v) is 3.18. The molecule has 1 amide bonds. The Morgan fingerprint density at radius 2 is 1.67 bits per heavy atom. The van der Waals surface area contributed by atoms with Crippen molar-refractivity contribution in [1.82, 2.24) is 15.2 Å². The summed E-state index contributed by atoms with van der Waals surface area (Å²) in [7, 11) is 1.80. The first-order chi connectivity index (χ1) is 14.5. The maximum Gasteiger partial charge on any atom is 0.269 e. The minimum Gasteiger partial charge on any atom is -0.384 e. The smallest absolute Gasteiger partial charge is 0.269 e. The van der Waals surface area contributed by atoms with Gasteiger partial charge in [-0.1, -0.05) is 41.9 Å². The van der Waals surface area contributed by atoms with Crippen LogP contribution in [0.15, 0.2) is 84.9 Å². The number of aromatic nitrogens is 2. The van der Waals surface area contributed by atoms with Gasteiger partial charge in [-0.15, -0.1) is 0 Å². The number of hydrazine groups is 1. The van der Waals surface area contributed by atoms with Gasteiger partial charge in [0.1, 0.15) is 5.82 Å². The van der Waals surface area contributed by atoms with Crippen molar-refractivity contribution in [2.24, 2.45) is 0 Å². The summed E-state index contributed by atoms with van der Waals surface area (Å²) in [6.45, 7) is 0. The van der Waals surface area contributed by atoms with Gasteiger partial charge in [-0.3, -0.25) is 15.2 Å². The molecule has 0 unspecified atom stereocenters. The zero-order chi connectivity index (χ0) is 21.1. The zero-order valence-corrected chi connectivity index (χ0v) is 17.0. The molecule has 30 heavy (non-hydrogen) atoms. The Balaban J connectivity index is 1.51. The Morgan fingerprint density at radius 1 is 1.00 bits per heavy atom. The molecule has 1 aromatic heterocycles. The van der Waals surface area contributed by atoms with Crippen LogP contribution < -0.4 is 16.2 Å². The SMILES string of the molecule is CN(NC(=O)c1ccc(-n2nc(-c3ccc(Cl)cc3)cc2N)cc1)c1ccccc1. The first-order valence-electron chi connectivity index (χ1n) is 9.33. The van der Waals surface area contributed by atoms with Crippen molar-refractivity contribution in [2.45, 2.75) is 0 Å². The molecule has 0 saturated heterocycles. The lowest BCUT2D eigenvalue weighted by molar-refractivity contribution is 0.0951. The van der Waals surface area contributed by atoms with Crippen LogP contribution >= 0.6 is 11.6 Å². The van der Waals surface area contributed by atoms with Gasteiger partial charge in [0.05, 0.1) is 17.1 Å². The molecule has 1 heterocycles. The molecule has 0 aliphatic carbocycles. The van der Waals surface area contributed by atoms with Crippen LogP contribution in [0.1, 0.15) is 10.4 Å². The van der Waals surface area contributed by atoms with Gasteiger partial charge in [-0.2, -0.15) is 5.10 Å². The topological polar surface area (TPSA) is 76.2 Å². The third-order valence-corrected chi connectivity index (χ3v) is 4.92. The quantitative estimate of drug-likeness (QED) is 0.467. The van der Waals surface area contributed by atoms with E-state index in [1.165, 1.54) is 0 Å². The van der Waals surface area contributed by atoms with E-state index in [9.17, 15) is 4.79 Å². The molecule has 4 aromatic rings. The lowest BCUT2D eigenvalue weighted by Crippen LogP contribution is -2.39. The van der Waals surface area contributed by atoms with Crippen LogP contribution in [-0.4, -0.2) is 22.7 Å². The van der Waals surface area contributed by atoms with Crippen molar-refractivity contribution in [2.75, 3.05) is 17.8 Å². The van der Waals surface area contributed by atoms with Crippen molar-refractivity contribution in [3.05, 3.63) is 95.5 Å². The normalized spacial score (nSPS) is 10.6. The summed E-state index contributed by atoms with van der Waals surface area (Å²) in [5.74, 6) is 0.296. The average molecular weight is 418 g/mol. The highest BCUT2D eigenvalue weighted by atomic mass is 35.5. The number of hydrogen-bond acceptors (Lipinski definition) is 4. The van der Waals surface area contributed by atoms with Gasteiger partial charge in [-0.05, 0) is 48.5 Å². The summed E-state index contributed by atoms with van der Waals surface area (Å²) >= 11 is 5.95. The molecular weight excluding hydrogens is 398 g/mol. The monoisotopic (exact) mass is 417 g/mol. The highest BCUT2D eigenvalue weighted by molar-refractivity contribution is 6.30. The van der Waals surface area contributed by atoms with Gasteiger partial charge in [0.25, 0.3) is 5.91 Å². The number of carbonyl (C=O) groups excluding carboxylic acids is 1. The lowest BCUT2D eigenvalue weighted by atomic mass is 10.1. The third-order valence-electron chi connectivity index (χ3n) is 4.66. The maximum absolute atomic E-state index is 12.5. The highest BCUT2D eigenvalue weighted by Crippen LogP contribution is 2.24. The van der Waals surface area contributed by atoms with Gasteiger partial charge in [0.15, 0.2) is 0 Å². The Hall–Kier alpha value is -3.77. The predicted octanol–water partition coefficient (Wildman–Crippen LogP) is 4.56. The number of nitrogens with zero attached hydrogens (tertiary/aromatic N) is 3. The lowest BCUT2D eigenvalue weighted by Gasteiger charge is -2.20. The fraction of sp³-hybridized carbons (Fsp3) is 0.0435. The van der Waals surface area contributed by atoms with E-state index in [2.05, 4.69) is 10.5 Å². The summed E-state index contributed by atoms with van der Waals surface area (Å²) in [5, 5.41) is 6.93. The molecule has 0 fully saturated rings. The Kier molecular flexibility index (Phi) is 5.41. The zero-order valence-electron chi connectivity index (χ0n) is 16.3. The highest BCUT2D eigenvalue weighted by Gasteiger charge is 2.12. The Bertz CT molecular complexity index is 1150. The van der Waals surface area contributed by atoms with E-state index < -0.39 is 0 Å². The number of nitrogen functional groups attached to an aromatic ring is 1. The fourth-order valence-electron chi connectivity index (χ4n) is 3.05. The van der Waals surface area contributed by atoms with E-state index in [1.54, 1.807) is 34.9 Å². The molecule has 0 aliphatic rings. The van der Waals surface area contributed by atoms with E-state index in [0.29, 0.717) is 16.4 Å². The summed E-state index contributed by atoms with van der Waals surface area (Å²) in [6, 6.07) is 25.9. The van der Waals surface area contributed by atoms with Gasteiger partial charge < -0.3 is 5.73 Å². The molecule has 3 N–H and O–H groups in total. The molecule has 0 saturated carbocycles. The minimum absolute atomic E-state index is 0.205. The molecule has 0 radical (unpaired) electrons. The van der Waals surface area contributed by atoms with Crippen LogP contribution in [-0.2, 0) is 0 Å². The third kappa shape index (κ3) is 4.14. The van der Waals surface area contributed by atoms with Crippen molar-refractivity contribution in [1.29, 1.82) is 0 Å². The second-order valence-corrected chi connectivity index (χ2v) is 7.19. The molecule has 6 nitrogen and oxygen atoms in total. The van der Waals surface area contributed by atoms with Crippen LogP contribution in [0.4, 0.5) is 11.5 Å². The van der Waals surface area contributed by atoms with Crippen LogP contribution in [0.25, 0.3) is 16.9 Å². The maximum atomic E-state index is 12.5. The van der Waals surface area contributed by atoms with E-state index in [4.69, 9.17) is 17.3 Å². The van der Waals surface area contributed by atoms with Crippen molar-refractivity contribution in [3.63, 3.8) is 0 Å². The number of nitrogens with one attached hydrogen (secondary N) is 1. The number of rotatable bonds is 5. The summed E-state index contributed by atoms with van der Waals surface area (Å²) in [4.78, 5) is 12.5. The molecular formula is C23H20ClN5O. The minimum atomic E-state index is -0.205. The first-order valence-corrected chi connectivity index (χ1v) is 9.71. The second-order valence-electron chi connectivity index (χ2n) is 6.76. The van der Waals surface area contributed by atoms with Gasteiger partial charge >= 0.3 is 0 Å². The molecule has 7 heteroatoms. The number of halogens is 1. The van der Waals surface area contributed by atoms with Gasteiger partial charge in [0.2, 0.25) is 0 Å². The number of para-hydroxylation sites is 1. The van der Waals surface area contributed by atoms with Crippen LogP contribution in [0, 0.1) is 0 Å². The molecule has 4 rings (SSSR count). The van der Waals surface area contributed by atoms with Crippen molar-refractivity contribution in [3.8, 4) is 16.9 Å². The van der Waals surface area contributed by atoms with Gasteiger partial charge in [0, 0.05) is 29.3 Å². The van der Waals surface area contributed by atoms with Crippen LogP contribution in [0.3, 0.4) is 0 Å². The van der Waals surface area contributed by atoms with Crippen LogP contribution in [0.5, 0.6) is 0 Å². The number of nitrogens with two attached hydrogens (primary N) is 1. The van der Waals surface area contributed by atoms with E-state index in [1.807, 2.05) is 66.7 Å². The summed E-state index contributed by atoms with van der Waals surface area (Å²) < 4.78 is 1.64. The van der Waals surface area contributed by atoms with E-state index in [0.717, 1.165) is 22.6 Å². The number of carbonyl (C=O) groups is 1.